The van der Waals surface area contributed by atoms with Gasteiger partial charge in [-0.1, -0.05) is 13.3 Å². The Bertz CT molecular complexity index is 695. The summed E-state index contributed by atoms with van der Waals surface area (Å²) in [5, 5.41) is 0. The molecule has 0 spiro atoms. The van der Waals surface area contributed by atoms with E-state index in [1.165, 1.54) is 0 Å². The summed E-state index contributed by atoms with van der Waals surface area (Å²) >= 11 is 0. The van der Waals surface area contributed by atoms with E-state index >= 15 is 0 Å². The van der Waals surface area contributed by atoms with Crippen LogP contribution in [0.15, 0.2) is 0 Å². The van der Waals surface area contributed by atoms with Crippen LogP contribution >= 0.6 is 0 Å². The van der Waals surface area contributed by atoms with Crippen molar-refractivity contribution < 1.29 is 49.5 Å². The van der Waals surface area contributed by atoms with Crippen LogP contribution in [0.3, 0.4) is 0 Å². The minimum atomic E-state index is -5.68. The monoisotopic (exact) mass is 492 g/mol. The van der Waals surface area contributed by atoms with Gasteiger partial charge < -0.3 is 23.7 Å². The number of hydrogen-bond acceptors (Lipinski definition) is 8. The first-order valence-electron chi connectivity index (χ1n) is 10.8. The van der Waals surface area contributed by atoms with Crippen molar-refractivity contribution in [3.63, 3.8) is 0 Å². The fraction of sp³-hybridized carbons (Fsp3) is 1.00. The summed E-state index contributed by atoms with van der Waals surface area (Å²) in [6.45, 7) is 9.82. The maximum absolute atomic E-state index is 12.5. The van der Waals surface area contributed by atoms with Crippen LogP contribution < -0.4 is 0 Å². The molecule has 2 fully saturated rings. The van der Waals surface area contributed by atoms with Crippen LogP contribution in [-0.4, -0.2) is 76.7 Å². The van der Waals surface area contributed by atoms with Gasteiger partial charge in [0.15, 0.2) is 5.79 Å². The minimum Gasteiger partial charge on any atom is -0.379 e. The summed E-state index contributed by atoms with van der Waals surface area (Å²) < 4.78 is 93.2. The number of unbranched alkanes of at least 4 members (excludes halogenated alkanes) is 1. The molecule has 32 heavy (non-hydrogen) atoms. The highest BCUT2D eigenvalue weighted by molar-refractivity contribution is 7.87. The average Bonchev–Trinajstić information content (AvgIpc) is 3.10. The van der Waals surface area contributed by atoms with Gasteiger partial charge in [-0.25, -0.2) is 0 Å². The normalized spacial score (nSPS) is 30.1. The Morgan fingerprint density at radius 2 is 1.50 bits per heavy atom. The van der Waals surface area contributed by atoms with Crippen molar-refractivity contribution in [3.8, 4) is 0 Å². The number of hydrogen-bond donors (Lipinski definition) is 0. The molecular formula is C20H35F3O8S. The van der Waals surface area contributed by atoms with Gasteiger partial charge in [0.2, 0.25) is 0 Å². The predicted molar refractivity (Wildman–Crippen MR) is 108 cm³/mol. The lowest BCUT2D eigenvalue weighted by Gasteiger charge is -2.21. The highest BCUT2D eigenvalue weighted by Gasteiger charge is 2.49. The van der Waals surface area contributed by atoms with E-state index in [4.69, 9.17) is 23.7 Å². The van der Waals surface area contributed by atoms with E-state index in [2.05, 4.69) is 11.1 Å². The van der Waals surface area contributed by atoms with Crippen LogP contribution in [-0.2, 0) is 38.0 Å². The second-order valence-corrected chi connectivity index (χ2v) is 10.8. The van der Waals surface area contributed by atoms with Crippen LogP contribution in [0, 0.1) is 5.92 Å². The van der Waals surface area contributed by atoms with Crippen molar-refractivity contribution in [2.75, 3.05) is 33.0 Å². The van der Waals surface area contributed by atoms with E-state index in [1.807, 2.05) is 0 Å². The molecule has 190 valence electrons. The molecule has 0 N–H and O–H groups in total. The summed E-state index contributed by atoms with van der Waals surface area (Å²) in [6, 6.07) is 0. The van der Waals surface area contributed by atoms with E-state index in [0.717, 1.165) is 12.8 Å². The van der Waals surface area contributed by atoms with Crippen molar-refractivity contribution in [1.29, 1.82) is 0 Å². The number of ether oxygens (including phenoxy) is 5. The molecule has 0 amide bonds. The molecule has 0 bridgehead atoms. The maximum Gasteiger partial charge on any atom is 0.523 e. The van der Waals surface area contributed by atoms with E-state index in [1.54, 1.807) is 27.7 Å². The Morgan fingerprint density at radius 3 is 2.06 bits per heavy atom. The second-order valence-electron chi connectivity index (χ2n) is 9.24. The van der Waals surface area contributed by atoms with Crippen LogP contribution in [0.25, 0.3) is 0 Å². The van der Waals surface area contributed by atoms with Gasteiger partial charge in [0.25, 0.3) is 0 Å². The molecular weight excluding hydrogens is 457 g/mol. The molecule has 2 rings (SSSR count). The highest BCUT2D eigenvalue weighted by atomic mass is 32.2. The van der Waals surface area contributed by atoms with Crippen molar-refractivity contribution in [2.45, 2.75) is 89.1 Å². The fourth-order valence-corrected chi connectivity index (χ4v) is 4.30. The first kappa shape index (κ1) is 27.7. The summed E-state index contributed by atoms with van der Waals surface area (Å²) in [7, 11) is -5.68. The zero-order chi connectivity index (χ0) is 24.2. The largest absolute Gasteiger partial charge is 0.523 e. The third kappa shape index (κ3) is 8.07. The highest BCUT2D eigenvalue weighted by Crippen LogP contribution is 2.36. The van der Waals surface area contributed by atoms with E-state index in [-0.39, 0.29) is 31.3 Å². The van der Waals surface area contributed by atoms with Crippen LogP contribution in [0.1, 0.15) is 53.9 Å². The molecule has 2 saturated heterocycles. The molecule has 0 aromatic carbocycles. The van der Waals surface area contributed by atoms with Gasteiger partial charge in [0.05, 0.1) is 38.1 Å². The van der Waals surface area contributed by atoms with Crippen LogP contribution in [0.4, 0.5) is 13.2 Å². The molecule has 0 saturated carbocycles. The molecule has 8 nitrogen and oxygen atoms in total. The summed E-state index contributed by atoms with van der Waals surface area (Å²) in [5.74, 6) is -1.13. The van der Waals surface area contributed by atoms with E-state index < -0.39 is 39.7 Å². The van der Waals surface area contributed by atoms with Gasteiger partial charge in [-0.2, -0.15) is 21.6 Å². The SMILES string of the molecule is CCCCOCC1OC(C)(C)OC1COCC1CC(C)(C)OC1COS(=O)(=O)C(F)(F)F. The van der Waals surface area contributed by atoms with Gasteiger partial charge in [-0.15, -0.1) is 0 Å². The molecule has 0 aromatic rings. The van der Waals surface area contributed by atoms with Gasteiger partial charge in [-0.05, 0) is 40.5 Å². The minimum absolute atomic E-state index is 0.146. The molecule has 2 heterocycles. The zero-order valence-corrected chi connectivity index (χ0v) is 20.1. The average molecular weight is 493 g/mol. The second kappa shape index (κ2) is 10.8. The number of halogens is 3. The molecule has 0 aromatic heterocycles. The standard InChI is InChI=1S/C20H35F3O8S/c1-6-7-8-26-11-16-17(31-19(4,5)30-16)12-27-10-14-9-18(2,3)29-15(14)13-28-32(24,25)20(21,22)23/h14-17H,6-13H2,1-5H3. The van der Waals surface area contributed by atoms with Gasteiger partial charge in [0.1, 0.15) is 12.2 Å². The van der Waals surface area contributed by atoms with Crippen LogP contribution in [0.2, 0.25) is 0 Å². The molecule has 4 atom stereocenters. The summed E-state index contributed by atoms with van der Waals surface area (Å²) in [5.41, 5.74) is -6.12. The topological polar surface area (TPSA) is 89.5 Å². The zero-order valence-electron chi connectivity index (χ0n) is 19.3. The van der Waals surface area contributed by atoms with E-state index in [9.17, 15) is 21.6 Å². The fourth-order valence-electron chi connectivity index (χ4n) is 3.85. The van der Waals surface area contributed by atoms with Gasteiger partial charge in [0, 0.05) is 12.5 Å². The molecule has 2 aliphatic rings. The third-order valence-corrected chi connectivity index (χ3v) is 6.26. The number of rotatable bonds is 12. The summed E-state index contributed by atoms with van der Waals surface area (Å²) in [6.07, 6.45) is 0.909. The molecule has 12 heteroatoms. The smallest absolute Gasteiger partial charge is 0.379 e. The van der Waals surface area contributed by atoms with Crippen molar-refractivity contribution in [1.82, 2.24) is 0 Å². The predicted octanol–water partition coefficient (Wildman–Crippen LogP) is 3.39. The number of alkyl halides is 3. The maximum atomic E-state index is 12.5. The molecule has 2 aliphatic heterocycles. The Balaban J connectivity index is 1.88. The van der Waals surface area contributed by atoms with Crippen molar-refractivity contribution in [2.24, 2.45) is 5.92 Å². The Hall–Kier alpha value is -0.500. The van der Waals surface area contributed by atoms with Crippen molar-refractivity contribution >= 4 is 10.1 Å². The lowest BCUT2D eigenvalue weighted by Crippen LogP contribution is -2.34. The molecule has 4 unspecified atom stereocenters. The third-order valence-electron chi connectivity index (χ3n) is 5.24. The quantitative estimate of drug-likeness (QED) is 0.233. The Morgan fingerprint density at radius 1 is 0.906 bits per heavy atom. The molecule has 0 aliphatic carbocycles. The van der Waals surface area contributed by atoms with Gasteiger partial charge in [-0.3, -0.25) is 4.18 Å². The lowest BCUT2D eigenvalue weighted by atomic mass is 9.95. The van der Waals surface area contributed by atoms with Crippen molar-refractivity contribution in [3.05, 3.63) is 0 Å². The first-order chi connectivity index (χ1) is 14.7. The van der Waals surface area contributed by atoms with Gasteiger partial charge >= 0.3 is 15.6 Å². The molecule has 0 radical (unpaired) electrons. The lowest BCUT2D eigenvalue weighted by molar-refractivity contribution is -0.154. The van der Waals surface area contributed by atoms with Crippen LogP contribution in [0.5, 0.6) is 0 Å². The first-order valence-corrected chi connectivity index (χ1v) is 12.2. The Labute approximate surface area is 188 Å². The summed E-state index contributed by atoms with van der Waals surface area (Å²) in [4.78, 5) is 0. The van der Waals surface area contributed by atoms with E-state index in [0.29, 0.717) is 19.6 Å². The Kier molecular flexibility index (Phi) is 9.39.